The van der Waals surface area contributed by atoms with Crippen LogP contribution in [0.15, 0.2) is 30.0 Å². The molecule has 0 saturated heterocycles. The van der Waals surface area contributed by atoms with E-state index in [4.69, 9.17) is 5.11 Å². The van der Waals surface area contributed by atoms with Crippen LogP contribution in [0.3, 0.4) is 0 Å². The van der Waals surface area contributed by atoms with Crippen LogP contribution in [0.2, 0.25) is 0 Å². The van der Waals surface area contributed by atoms with Crippen molar-refractivity contribution in [1.29, 1.82) is 0 Å². The Kier molecular flexibility index (Phi) is 4.70. The van der Waals surface area contributed by atoms with Crippen LogP contribution in [0.25, 0.3) is 0 Å². The zero-order chi connectivity index (χ0) is 13.7. The fourth-order valence-corrected chi connectivity index (χ4v) is 2.52. The van der Waals surface area contributed by atoms with Gasteiger partial charge in [-0.3, -0.25) is 4.79 Å². The number of amides is 1. The number of imidazole rings is 1. The Balaban J connectivity index is 2.02. The van der Waals surface area contributed by atoms with Crippen molar-refractivity contribution in [3.05, 3.63) is 40.6 Å². The molecule has 0 saturated carbocycles. The van der Waals surface area contributed by atoms with E-state index in [9.17, 15) is 4.79 Å². The number of nitrogens with zero attached hydrogens (tertiary/aromatic N) is 3. The number of thiophene rings is 1. The summed E-state index contributed by atoms with van der Waals surface area (Å²) in [4.78, 5) is 19.0. The quantitative estimate of drug-likeness (QED) is 0.859. The van der Waals surface area contributed by atoms with Gasteiger partial charge < -0.3 is 14.6 Å². The summed E-state index contributed by atoms with van der Waals surface area (Å²) in [5.74, 6) is 0.0256. The average molecular weight is 279 g/mol. The van der Waals surface area contributed by atoms with E-state index in [0.29, 0.717) is 19.5 Å². The Morgan fingerprint density at radius 3 is 3.00 bits per heavy atom. The first kappa shape index (κ1) is 13.8. The van der Waals surface area contributed by atoms with Crippen LogP contribution in [0.5, 0.6) is 0 Å². The second-order valence-electron chi connectivity index (χ2n) is 4.29. The first-order valence-corrected chi connectivity index (χ1v) is 6.95. The lowest BCUT2D eigenvalue weighted by molar-refractivity contribution is -0.131. The zero-order valence-electron chi connectivity index (χ0n) is 10.8. The van der Waals surface area contributed by atoms with Gasteiger partial charge in [-0.05, 0) is 11.4 Å². The molecule has 0 spiro atoms. The molecular weight excluding hydrogens is 262 g/mol. The Morgan fingerprint density at radius 1 is 1.58 bits per heavy atom. The molecule has 0 unspecified atom stereocenters. The van der Waals surface area contributed by atoms with E-state index in [1.54, 1.807) is 28.8 Å². The van der Waals surface area contributed by atoms with Crippen molar-refractivity contribution in [1.82, 2.24) is 14.5 Å². The lowest BCUT2D eigenvalue weighted by atomic mass is 10.3. The van der Waals surface area contributed by atoms with Crippen molar-refractivity contribution in [2.45, 2.75) is 13.0 Å². The topological polar surface area (TPSA) is 58.4 Å². The molecule has 19 heavy (non-hydrogen) atoms. The van der Waals surface area contributed by atoms with Crippen LogP contribution in [0.1, 0.15) is 10.6 Å². The number of aryl methyl sites for hydroxylation is 1. The van der Waals surface area contributed by atoms with Crippen LogP contribution >= 0.6 is 11.3 Å². The zero-order valence-corrected chi connectivity index (χ0v) is 11.6. The highest BCUT2D eigenvalue weighted by molar-refractivity contribution is 7.10. The van der Waals surface area contributed by atoms with Gasteiger partial charge in [0.2, 0.25) is 5.91 Å². The van der Waals surface area contributed by atoms with Crippen LogP contribution < -0.4 is 0 Å². The van der Waals surface area contributed by atoms with E-state index in [1.165, 1.54) is 0 Å². The third kappa shape index (κ3) is 3.65. The molecule has 102 valence electrons. The highest BCUT2D eigenvalue weighted by Crippen LogP contribution is 2.12. The summed E-state index contributed by atoms with van der Waals surface area (Å²) in [7, 11) is 1.89. The summed E-state index contributed by atoms with van der Waals surface area (Å²) in [6.07, 6.45) is 3.83. The third-order valence-electron chi connectivity index (χ3n) is 2.90. The second-order valence-corrected chi connectivity index (χ2v) is 5.32. The summed E-state index contributed by atoms with van der Waals surface area (Å²) < 4.78 is 1.88. The van der Waals surface area contributed by atoms with Gasteiger partial charge >= 0.3 is 0 Å². The molecule has 2 rings (SSSR count). The molecule has 0 aliphatic carbocycles. The Labute approximate surface area is 116 Å². The van der Waals surface area contributed by atoms with Gasteiger partial charge in [0.25, 0.3) is 0 Å². The number of rotatable bonds is 6. The van der Waals surface area contributed by atoms with Crippen molar-refractivity contribution < 1.29 is 9.90 Å². The summed E-state index contributed by atoms with van der Waals surface area (Å²) >= 11 is 1.57. The third-order valence-corrected chi connectivity index (χ3v) is 3.77. The molecule has 1 amide bonds. The molecule has 6 heteroatoms. The first-order valence-electron chi connectivity index (χ1n) is 6.07. The number of aromatic nitrogens is 2. The number of hydrogen-bond donors (Lipinski definition) is 1. The number of carbonyl (C=O) groups is 1. The van der Waals surface area contributed by atoms with Crippen molar-refractivity contribution in [2.75, 3.05) is 13.2 Å². The van der Waals surface area contributed by atoms with E-state index in [0.717, 1.165) is 10.6 Å². The molecule has 5 nitrogen and oxygen atoms in total. The maximum Gasteiger partial charge on any atom is 0.228 e. The maximum absolute atomic E-state index is 12.2. The van der Waals surface area contributed by atoms with Gasteiger partial charge in [-0.1, -0.05) is 6.07 Å². The van der Waals surface area contributed by atoms with Gasteiger partial charge in [0.05, 0.1) is 31.6 Å². The average Bonchev–Trinajstić information content (AvgIpc) is 3.01. The molecule has 0 bridgehead atoms. The van der Waals surface area contributed by atoms with Crippen molar-refractivity contribution >= 4 is 17.2 Å². The predicted molar refractivity (Wildman–Crippen MR) is 73.7 cm³/mol. The van der Waals surface area contributed by atoms with Gasteiger partial charge in [-0.2, -0.15) is 0 Å². The van der Waals surface area contributed by atoms with Crippen LogP contribution in [0.4, 0.5) is 0 Å². The lowest BCUT2D eigenvalue weighted by Gasteiger charge is -2.21. The van der Waals surface area contributed by atoms with Crippen molar-refractivity contribution in [3.63, 3.8) is 0 Å². The summed E-state index contributed by atoms with van der Waals surface area (Å²) in [6, 6.07) is 3.88. The van der Waals surface area contributed by atoms with Crippen LogP contribution in [0, 0.1) is 0 Å². The van der Waals surface area contributed by atoms with Gasteiger partial charge in [0, 0.05) is 24.7 Å². The van der Waals surface area contributed by atoms with Gasteiger partial charge in [0.15, 0.2) is 0 Å². The lowest BCUT2D eigenvalue weighted by Crippen LogP contribution is -2.34. The molecule has 0 radical (unpaired) electrons. The van der Waals surface area contributed by atoms with Gasteiger partial charge in [0.1, 0.15) is 0 Å². The minimum absolute atomic E-state index is 0.0256. The highest BCUT2D eigenvalue weighted by atomic mass is 32.1. The number of hydrogen-bond acceptors (Lipinski definition) is 4. The molecular formula is C13H17N3O2S. The number of carbonyl (C=O) groups excluding carboxylic acids is 1. The van der Waals surface area contributed by atoms with Gasteiger partial charge in [-0.15, -0.1) is 11.3 Å². The first-order chi connectivity index (χ1) is 9.20. The molecule has 0 fully saturated rings. The molecule has 2 aromatic heterocycles. The Hall–Kier alpha value is -1.66. The summed E-state index contributed by atoms with van der Waals surface area (Å²) in [6.45, 7) is 0.782. The standard InChI is InChI=1S/C13H17N3O2S/c1-15-10-14-8-11(15)9-16(4-5-17)13(18)7-12-3-2-6-19-12/h2-3,6,8,10,17H,4-5,7,9H2,1H3. The van der Waals surface area contributed by atoms with E-state index in [2.05, 4.69) is 4.98 Å². The molecule has 0 aliphatic rings. The summed E-state index contributed by atoms with van der Waals surface area (Å²) in [5.41, 5.74) is 0.952. The maximum atomic E-state index is 12.2. The monoisotopic (exact) mass is 279 g/mol. The summed E-state index contributed by atoms with van der Waals surface area (Å²) in [5, 5.41) is 11.1. The number of aliphatic hydroxyl groups is 1. The highest BCUT2D eigenvalue weighted by Gasteiger charge is 2.15. The van der Waals surface area contributed by atoms with Crippen LogP contribution in [-0.4, -0.2) is 38.6 Å². The van der Waals surface area contributed by atoms with E-state index < -0.39 is 0 Å². The molecule has 0 aromatic carbocycles. The fraction of sp³-hybridized carbons (Fsp3) is 0.385. The molecule has 0 aliphatic heterocycles. The van der Waals surface area contributed by atoms with E-state index in [1.807, 2.05) is 29.1 Å². The van der Waals surface area contributed by atoms with Gasteiger partial charge in [-0.25, -0.2) is 4.98 Å². The minimum Gasteiger partial charge on any atom is -0.395 e. The molecule has 2 heterocycles. The Morgan fingerprint density at radius 2 is 2.42 bits per heavy atom. The van der Waals surface area contributed by atoms with E-state index >= 15 is 0 Å². The van der Waals surface area contributed by atoms with E-state index in [-0.39, 0.29) is 12.5 Å². The predicted octanol–water partition coefficient (Wildman–Crippen LogP) is 1.05. The second kappa shape index (κ2) is 6.49. The molecule has 2 aromatic rings. The number of aliphatic hydroxyl groups excluding tert-OH is 1. The fourth-order valence-electron chi connectivity index (χ4n) is 1.82. The minimum atomic E-state index is -0.0337. The molecule has 0 atom stereocenters. The largest absolute Gasteiger partial charge is 0.395 e. The smallest absolute Gasteiger partial charge is 0.228 e. The van der Waals surface area contributed by atoms with Crippen LogP contribution in [-0.2, 0) is 24.8 Å². The van der Waals surface area contributed by atoms with Crippen molar-refractivity contribution in [2.24, 2.45) is 7.05 Å². The SMILES string of the molecule is Cn1cncc1CN(CCO)C(=O)Cc1cccs1. The molecule has 1 N–H and O–H groups in total. The Bertz CT molecular complexity index is 522. The van der Waals surface area contributed by atoms with Crippen molar-refractivity contribution in [3.8, 4) is 0 Å². The normalized spacial score (nSPS) is 10.6.